The second-order valence-electron chi connectivity index (χ2n) is 4.40. The van der Waals surface area contributed by atoms with Crippen LogP contribution in [0.4, 0.5) is 0 Å². The molecule has 1 aliphatic carbocycles. The van der Waals surface area contributed by atoms with Crippen molar-refractivity contribution in [2.75, 3.05) is 7.11 Å². The lowest BCUT2D eigenvalue weighted by Crippen LogP contribution is -2.15. The molecule has 1 saturated carbocycles. The van der Waals surface area contributed by atoms with Gasteiger partial charge in [-0.2, -0.15) is 4.98 Å². The van der Waals surface area contributed by atoms with Gasteiger partial charge in [0, 0.05) is 11.6 Å². The summed E-state index contributed by atoms with van der Waals surface area (Å²) in [5.74, 6) is 2.07. The smallest absolute Gasteiger partial charge is 0.240 e. The normalized spacial score (nSPS) is 14.7. The van der Waals surface area contributed by atoms with Gasteiger partial charge in [-0.3, -0.25) is 0 Å². The van der Waals surface area contributed by atoms with Crippen LogP contribution in [0.2, 0.25) is 0 Å². The van der Waals surface area contributed by atoms with Crippen LogP contribution < -0.4 is 10.1 Å². The lowest BCUT2D eigenvalue weighted by atomic mass is 10.2. The van der Waals surface area contributed by atoms with Crippen LogP contribution in [0.5, 0.6) is 5.75 Å². The maximum Gasteiger partial charge on any atom is 0.240 e. The molecule has 0 radical (unpaired) electrons. The highest BCUT2D eigenvalue weighted by Gasteiger charge is 2.21. The van der Waals surface area contributed by atoms with Gasteiger partial charge in [-0.1, -0.05) is 5.16 Å². The number of hydrogen-bond donors (Lipinski definition) is 1. The SMILES string of the molecule is COc1ccc(-c2noc(CNC3CC3)n2)cc1. The maximum atomic E-state index is 5.20. The highest BCUT2D eigenvalue weighted by Crippen LogP contribution is 2.21. The predicted molar refractivity (Wildman–Crippen MR) is 66.1 cm³/mol. The quantitative estimate of drug-likeness (QED) is 0.873. The lowest BCUT2D eigenvalue weighted by molar-refractivity contribution is 0.367. The molecule has 1 heterocycles. The average molecular weight is 245 g/mol. The third-order valence-corrected chi connectivity index (χ3v) is 2.94. The van der Waals surface area contributed by atoms with Crippen molar-refractivity contribution in [3.05, 3.63) is 30.2 Å². The monoisotopic (exact) mass is 245 g/mol. The number of methoxy groups -OCH3 is 1. The molecule has 5 nitrogen and oxygen atoms in total. The number of rotatable bonds is 5. The first-order valence-corrected chi connectivity index (χ1v) is 6.05. The molecule has 1 aromatic carbocycles. The number of nitrogens with one attached hydrogen (secondary N) is 1. The van der Waals surface area contributed by atoms with Crippen LogP contribution in [0.3, 0.4) is 0 Å². The van der Waals surface area contributed by atoms with Crippen molar-refractivity contribution in [1.29, 1.82) is 0 Å². The molecular formula is C13H15N3O2. The summed E-state index contributed by atoms with van der Waals surface area (Å²) in [7, 11) is 1.64. The van der Waals surface area contributed by atoms with Crippen LogP contribution in [-0.2, 0) is 6.54 Å². The summed E-state index contributed by atoms with van der Waals surface area (Å²) >= 11 is 0. The highest BCUT2D eigenvalue weighted by atomic mass is 16.5. The van der Waals surface area contributed by atoms with Gasteiger partial charge in [0.2, 0.25) is 11.7 Å². The third-order valence-electron chi connectivity index (χ3n) is 2.94. The molecule has 3 rings (SSSR count). The summed E-state index contributed by atoms with van der Waals surface area (Å²) < 4.78 is 10.3. The van der Waals surface area contributed by atoms with Gasteiger partial charge in [0.05, 0.1) is 13.7 Å². The van der Waals surface area contributed by atoms with E-state index in [1.165, 1.54) is 12.8 Å². The molecule has 1 N–H and O–H groups in total. The Bertz CT molecular complexity index is 517. The summed E-state index contributed by atoms with van der Waals surface area (Å²) in [5, 5.41) is 7.31. The summed E-state index contributed by atoms with van der Waals surface area (Å²) in [6.07, 6.45) is 2.50. The molecule has 1 fully saturated rings. The largest absolute Gasteiger partial charge is 0.497 e. The number of nitrogens with zero attached hydrogens (tertiary/aromatic N) is 2. The van der Waals surface area contributed by atoms with E-state index in [-0.39, 0.29) is 0 Å². The fourth-order valence-electron chi connectivity index (χ4n) is 1.70. The predicted octanol–water partition coefficient (Wildman–Crippen LogP) is 2.00. The molecule has 0 atom stereocenters. The van der Waals surface area contributed by atoms with Crippen LogP contribution in [-0.4, -0.2) is 23.3 Å². The van der Waals surface area contributed by atoms with Crippen LogP contribution >= 0.6 is 0 Å². The summed E-state index contributed by atoms with van der Waals surface area (Å²) in [4.78, 5) is 4.35. The minimum atomic E-state index is 0.616. The molecule has 0 saturated heterocycles. The Hall–Kier alpha value is -1.88. The van der Waals surface area contributed by atoms with E-state index in [0.29, 0.717) is 24.3 Å². The molecule has 1 aromatic heterocycles. The summed E-state index contributed by atoms with van der Waals surface area (Å²) in [5.41, 5.74) is 0.928. The first kappa shape index (κ1) is 11.2. The first-order valence-electron chi connectivity index (χ1n) is 6.05. The molecule has 94 valence electrons. The van der Waals surface area contributed by atoms with Crippen molar-refractivity contribution in [3.63, 3.8) is 0 Å². The topological polar surface area (TPSA) is 60.2 Å². The molecule has 1 aliphatic rings. The van der Waals surface area contributed by atoms with Crippen LogP contribution in [0.15, 0.2) is 28.8 Å². The Kier molecular flexibility index (Phi) is 2.98. The molecule has 5 heteroatoms. The summed E-state index contributed by atoms with van der Waals surface area (Å²) in [6, 6.07) is 8.24. The van der Waals surface area contributed by atoms with E-state index in [2.05, 4.69) is 15.5 Å². The van der Waals surface area contributed by atoms with Gasteiger partial charge < -0.3 is 14.6 Å². The van der Waals surface area contributed by atoms with E-state index in [4.69, 9.17) is 9.26 Å². The third kappa shape index (κ3) is 2.51. The molecule has 0 bridgehead atoms. The molecule has 0 aliphatic heterocycles. The van der Waals surface area contributed by atoms with E-state index in [9.17, 15) is 0 Å². The fourth-order valence-corrected chi connectivity index (χ4v) is 1.70. The van der Waals surface area contributed by atoms with Gasteiger partial charge in [0.25, 0.3) is 0 Å². The molecular weight excluding hydrogens is 230 g/mol. The first-order chi connectivity index (χ1) is 8.85. The van der Waals surface area contributed by atoms with Crippen LogP contribution in [0, 0.1) is 0 Å². The molecule has 18 heavy (non-hydrogen) atoms. The fraction of sp³-hybridized carbons (Fsp3) is 0.385. The van der Waals surface area contributed by atoms with Crippen molar-refractivity contribution >= 4 is 0 Å². The zero-order chi connectivity index (χ0) is 12.4. The zero-order valence-corrected chi connectivity index (χ0v) is 10.2. The maximum absolute atomic E-state index is 5.20. The van der Waals surface area contributed by atoms with Crippen molar-refractivity contribution in [2.24, 2.45) is 0 Å². The number of aromatic nitrogens is 2. The number of benzene rings is 1. The molecule has 0 unspecified atom stereocenters. The molecule has 2 aromatic rings. The Labute approximate surface area is 105 Å². The second kappa shape index (κ2) is 4.78. The van der Waals surface area contributed by atoms with Crippen molar-refractivity contribution in [1.82, 2.24) is 15.5 Å². The molecule has 0 spiro atoms. The van der Waals surface area contributed by atoms with Gasteiger partial charge in [0.1, 0.15) is 5.75 Å². The Morgan fingerprint density at radius 3 is 2.78 bits per heavy atom. The van der Waals surface area contributed by atoms with E-state index < -0.39 is 0 Å². The second-order valence-corrected chi connectivity index (χ2v) is 4.40. The van der Waals surface area contributed by atoms with Crippen molar-refractivity contribution in [3.8, 4) is 17.1 Å². The van der Waals surface area contributed by atoms with Gasteiger partial charge >= 0.3 is 0 Å². The van der Waals surface area contributed by atoms with Crippen molar-refractivity contribution < 1.29 is 9.26 Å². The van der Waals surface area contributed by atoms with Gasteiger partial charge in [-0.05, 0) is 37.1 Å². The summed E-state index contributed by atoms with van der Waals surface area (Å²) in [6.45, 7) is 0.647. The van der Waals surface area contributed by atoms with E-state index in [1.807, 2.05) is 24.3 Å². The van der Waals surface area contributed by atoms with Crippen LogP contribution in [0.25, 0.3) is 11.4 Å². The van der Waals surface area contributed by atoms with Gasteiger partial charge in [-0.25, -0.2) is 0 Å². The van der Waals surface area contributed by atoms with Crippen LogP contribution in [0.1, 0.15) is 18.7 Å². The van der Waals surface area contributed by atoms with E-state index in [0.717, 1.165) is 11.3 Å². The molecule has 0 amide bonds. The zero-order valence-electron chi connectivity index (χ0n) is 10.2. The average Bonchev–Trinajstić information content (AvgIpc) is 3.14. The van der Waals surface area contributed by atoms with Gasteiger partial charge in [-0.15, -0.1) is 0 Å². The standard InChI is InChI=1S/C13H15N3O2/c1-17-11-6-2-9(3-7-11)13-15-12(18-16-13)8-14-10-4-5-10/h2-3,6-7,10,14H,4-5,8H2,1H3. The highest BCUT2D eigenvalue weighted by molar-refractivity contribution is 5.55. The lowest BCUT2D eigenvalue weighted by Gasteiger charge is -1.99. The minimum absolute atomic E-state index is 0.616. The minimum Gasteiger partial charge on any atom is -0.497 e. The Morgan fingerprint density at radius 2 is 2.11 bits per heavy atom. The van der Waals surface area contributed by atoms with E-state index in [1.54, 1.807) is 7.11 Å². The number of ether oxygens (including phenoxy) is 1. The Balaban J connectivity index is 1.70. The van der Waals surface area contributed by atoms with Gasteiger partial charge in [0.15, 0.2) is 0 Å². The number of hydrogen-bond acceptors (Lipinski definition) is 5. The van der Waals surface area contributed by atoms with Crippen molar-refractivity contribution in [2.45, 2.75) is 25.4 Å². The Morgan fingerprint density at radius 1 is 1.33 bits per heavy atom. The van der Waals surface area contributed by atoms with E-state index >= 15 is 0 Å².